The van der Waals surface area contributed by atoms with Gasteiger partial charge in [-0.15, -0.1) is 0 Å². The van der Waals surface area contributed by atoms with Gasteiger partial charge in [-0.05, 0) is 30.3 Å². The first-order valence-electron chi connectivity index (χ1n) is 9.27. The van der Waals surface area contributed by atoms with Crippen LogP contribution in [0.25, 0.3) is 33.2 Å². The van der Waals surface area contributed by atoms with Crippen LogP contribution in [-0.4, -0.2) is 21.2 Å². The molecule has 5 aromatic rings. The lowest BCUT2D eigenvalue weighted by molar-refractivity contribution is 0.210. The second-order valence-corrected chi connectivity index (χ2v) is 6.70. The molecule has 0 aliphatic rings. The molecular weight excluding hydrogens is 380 g/mol. The smallest absolute Gasteiger partial charge is 0.409 e. The minimum atomic E-state index is -1.12. The van der Waals surface area contributed by atoms with Crippen LogP contribution < -0.4 is 10.6 Å². The number of benzene rings is 3. The van der Waals surface area contributed by atoms with Crippen molar-refractivity contribution in [3.8, 4) is 11.3 Å². The van der Waals surface area contributed by atoms with Crippen molar-refractivity contribution in [1.82, 2.24) is 9.97 Å². The van der Waals surface area contributed by atoms with Crippen molar-refractivity contribution in [1.29, 1.82) is 0 Å². The van der Waals surface area contributed by atoms with E-state index < -0.39 is 6.09 Å². The van der Waals surface area contributed by atoms with Crippen LogP contribution >= 0.6 is 0 Å². The van der Waals surface area contributed by atoms with Crippen molar-refractivity contribution in [3.63, 3.8) is 0 Å². The summed E-state index contributed by atoms with van der Waals surface area (Å²) in [5, 5.41) is 16.5. The van der Waals surface area contributed by atoms with Gasteiger partial charge in [0.05, 0.1) is 5.69 Å². The van der Waals surface area contributed by atoms with E-state index in [4.69, 9.17) is 9.52 Å². The Morgan fingerprint density at radius 2 is 1.67 bits per heavy atom. The predicted molar refractivity (Wildman–Crippen MR) is 116 cm³/mol. The molecule has 0 bridgehead atoms. The highest BCUT2D eigenvalue weighted by molar-refractivity contribution is 6.09. The van der Waals surface area contributed by atoms with Crippen LogP contribution in [0.15, 0.2) is 83.5 Å². The lowest BCUT2D eigenvalue weighted by Gasteiger charge is -2.09. The zero-order chi connectivity index (χ0) is 20.5. The Kier molecular flexibility index (Phi) is 4.25. The SMILES string of the molecule is O=C(O)Nc1cccc(Nc2cc(-c3cccc4c3oc3ccccc34)ncn2)c1. The van der Waals surface area contributed by atoms with Crippen LogP contribution in [0.4, 0.5) is 22.0 Å². The lowest BCUT2D eigenvalue weighted by atomic mass is 10.1. The van der Waals surface area contributed by atoms with Gasteiger partial charge in [-0.2, -0.15) is 0 Å². The van der Waals surface area contributed by atoms with Crippen LogP contribution in [0.2, 0.25) is 0 Å². The van der Waals surface area contributed by atoms with Crippen molar-refractivity contribution in [2.24, 2.45) is 0 Å². The van der Waals surface area contributed by atoms with E-state index >= 15 is 0 Å². The van der Waals surface area contributed by atoms with E-state index in [1.54, 1.807) is 18.2 Å². The van der Waals surface area contributed by atoms with Crippen LogP contribution in [-0.2, 0) is 0 Å². The number of aromatic nitrogens is 2. The number of amides is 1. The topological polar surface area (TPSA) is 100 Å². The van der Waals surface area contributed by atoms with Crippen LogP contribution in [0, 0.1) is 0 Å². The maximum Gasteiger partial charge on any atom is 0.409 e. The molecule has 0 saturated heterocycles. The number of fused-ring (bicyclic) bond motifs is 3. The molecule has 2 aromatic heterocycles. The second kappa shape index (κ2) is 7.21. The number of carboxylic acid groups (broad SMARTS) is 1. The Labute approximate surface area is 171 Å². The van der Waals surface area contributed by atoms with E-state index in [9.17, 15) is 4.79 Å². The Bertz CT molecular complexity index is 1390. The number of para-hydroxylation sites is 2. The predicted octanol–water partition coefficient (Wildman–Crippen LogP) is 5.88. The molecule has 0 fully saturated rings. The molecule has 0 unspecified atom stereocenters. The number of hydrogen-bond donors (Lipinski definition) is 3. The zero-order valence-corrected chi connectivity index (χ0v) is 15.7. The van der Waals surface area contributed by atoms with Gasteiger partial charge in [0.1, 0.15) is 23.3 Å². The third kappa shape index (κ3) is 3.29. The molecule has 0 saturated carbocycles. The fraction of sp³-hybridized carbons (Fsp3) is 0. The van der Waals surface area contributed by atoms with E-state index in [1.165, 1.54) is 6.33 Å². The number of furan rings is 1. The third-order valence-electron chi connectivity index (χ3n) is 4.73. The molecule has 0 spiro atoms. The quantitative estimate of drug-likeness (QED) is 0.351. The van der Waals surface area contributed by atoms with Gasteiger partial charge in [-0.25, -0.2) is 14.8 Å². The first-order chi connectivity index (χ1) is 14.7. The van der Waals surface area contributed by atoms with Gasteiger partial charge in [0.2, 0.25) is 0 Å². The van der Waals surface area contributed by atoms with Crippen molar-refractivity contribution >= 4 is 45.2 Å². The van der Waals surface area contributed by atoms with E-state index in [2.05, 4.69) is 20.6 Å². The van der Waals surface area contributed by atoms with Crippen molar-refractivity contribution in [2.75, 3.05) is 10.6 Å². The van der Waals surface area contributed by atoms with E-state index in [1.807, 2.05) is 54.6 Å². The molecule has 1 amide bonds. The molecule has 0 aliphatic carbocycles. The summed E-state index contributed by atoms with van der Waals surface area (Å²) in [6.45, 7) is 0. The molecule has 0 radical (unpaired) electrons. The maximum atomic E-state index is 10.9. The number of hydrogen-bond acceptors (Lipinski definition) is 5. The molecule has 3 aromatic carbocycles. The van der Waals surface area contributed by atoms with E-state index in [0.29, 0.717) is 17.2 Å². The largest absolute Gasteiger partial charge is 0.465 e. The first kappa shape index (κ1) is 17.7. The monoisotopic (exact) mass is 396 g/mol. The van der Waals surface area contributed by atoms with Gasteiger partial charge in [0.15, 0.2) is 0 Å². The Balaban J connectivity index is 1.52. The van der Waals surface area contributed by atoms with Crippen molar-refractivity contribution in [2.45, 2.75) is 0 Å². The van der Waals surface area contributed by atoms with Crippen LogP contribution in [0.3, 0.4) is 0 Å². The third-order valence-corrected chi connectivity index (χ3v) is 4.73. The van der Waals surface area contributed by atoms with E-state index in [-0.39, 0.29) is 0 Å². The zero-order valence-electron chi connectivity index (χ0n) is 15.7. The highest BCUT2D eigenvalue weighted by Gasteiger charge is 2.13. The lowest BCUT2D eigenvalue weighted by Crippen LogP contribution is -2.07. The van der Waals surface area contributed by atoms with E-state index in [0.717, 1.165) is 33.2 Å². The number of nitrogens with zero attached hydrogens (tertiary/aromatic N) is 2. The Morgan fingerprint density at radius 3 is 2.57 bits per heavy atom. The summed E-state index contributed by atoms with van der Waals surface area (Å²) in [5.41, 5.74) is 4.36. The summed E-state index contributed by atoms with van der Waals surface area (Å²) in [5.74, 6) is 0.584. The average Bonchev–Trinajstić information content (AvgIpc) is 3.12. The molecule has 3 N–H and O–H groups in total. The van der Waals surface area contributed by atoms with Gasteiger partial charge in [0.25, 0.3) is 0 Å². The van der Waals surface area contributed by atoms with Gasteiger partial charge < -0.3 is 14.8 Å². The number of carbonyl (C=O) groups is 1. The minimum Gasteiger partial charge on any atom is -0.465 e. The highest BCUT2D eigenvalue weighted by atomic mass is 16.4. The molecule has 0 aliphatic heterocycles. The molecule has 7 nitrogen and oxygen atoms in total. The van der Waals surface area contributed by atoms with Crippen LogP contribution in [0.1, 0.15) is 0 Å². The van der Waals surface area contributed by atoms with Crippen LogP contribution in [0.5, 0.6) is 0 Å². The number of rotatable bonds is 4. The Hall–Kier alpha value is -4.39. The van der Waals surface area contributed by atoms with Crippen molar-refractivity contribution in [3.05, 3.63) is 79.1 Å². The van der Waals surface area contributed by atoms with Crippen molar-refractivity contribution < 1.29 is 14.3 Å². The fourth-order valence-electron chi connectivity index (χ4n) is 3.47. The second-order valence-electron chi connectivity index (χ2n) is 6.70. The van der Waals surface area contributed by atoms with Gasteiger partial charge in [0, 0.05) is 33.8 Å². The summed E-state index contributed by atoms with van der Waals surface area (Å²) >= 11 is 0. The maximum absolute atomic E-state index is 10.9. The minimum absolute atomic E-state index is 0.467. The molecule has 146 valence electrons. The molecular formula is C23H16N4O3. The summed E-state index contributed by atoms with van der Waals surface area (Å²) in [7, 11) is 0. The van der Waals surface area contributed by atoms with Gasteiger partial charge >= 0.3 is 6.09 Å². The molecule has 7 heteroatoms. The standard InChI is InChI=1S/C23H16N4O3/c28-23(29)27-15-6-3-5-14(11-15)26-21-12-19(24-13-25-21)18-9-4-8-17-16-7-1-2-10-20(16)30-22(17)18/h1-13,27H,(H,28,29)(H,24,25,26). The number of nitrogens with one attached hydrogen (secondary N) is 2. The fourth-order valence-corrected chi connectivity index (χ4v) is 3.47. The average molecular weight is 396 g/mol. The Morgan fingerprint density at radius 1 is 0.867 bits per heavy atom. The van der Waals surface area contributed by atoms with Gasteiger partial charge in [-0.1, -0.05) is 36.4 Å². The molecule has 2 heterocycles. The molecule has 5 rings (SSSR count). The normalized spacial score (nSPS) is 10.9. The summed E-state index contributed by atoms with van der Waals surface area (Å²) in [6.07, 6.45) is 0.369. The molecule has 0 atom stereocenters. The summed E-state index contributed by atoms with van der Waals surface area (Å²) in [6, 6.07) is 22.7. The number of anilines is 3. The summed E-state index contributed by atoms with van der Waals surface area (Å²) < 4.78 is 6.10. The molecule has 30 heavy (non-hydrogen) atoms. The first-order valence-corrected chi connectivity index (χ1v) is 9.27. The van der Waals surface area contributed by atoms with Gasteiger partial charge in [-0.3, -0.25) is 5.32 Å². The summed E-state index contributed by atoms with van der Waals surface area (Å²) in [4.78, 5) is 19.6. The highest BCUT2D eigenvalue weighted by Crippen LogP contribution is 2.35.